The normalized spacial score (nSPS) is 14.9. The van der Waals surface area contributed by atoms with Crippen LogP contribution in [0.1, 0.15) is 41.1 Å². The van der Waals surface area contributed by atoms with E-state index in [1.54, 1.807) is 0 Å². The van der Waals surface area contributed by atoms with Gasteiger partial charge in [0.05, 0.1) is 23.3 Å². The van der Waals surface area contributed by atoms with Crippen molar-refractivity contribution in [2.45, 2.75) is 38.7 Å². The Labute approximate surface area is 122 Å². The minimum absolute atomic E-state index is 0.463. The van der Waals surface area contributed by atoms with Gasteiger partial charge in [0, 0.05) is 6.42 Å². The summed E-state index contributed by atoms with van der Waals surface area (Å²) in [7, 11) is 0. The van der Waals surface area contributed by atoms with Crippen molar-refractivity contribution in [3.63, 3.8) is 0 Å². The molecule has 0 spiro atoms. The second kappa shape index (κ2) is 5.89. The molecular formula is C15H18N2O2S. The van der Waals surface area contributed by atoms with Gasteiger partial charge in [0.15, 0.2) is 0 Å². The van der Waals surface area contributed by atoms with Crippen LogP contribution in [0.5, 0.6) is 5.75 Å². The molecule has 3 rings (SSSR count). The summed E-state index contributed by atoms with van der Waals surface area (Å²) in [6, 6.07) is 6.32. The molecule has 5 heteroatoms. The van der Waals surface area contributed by atoms with Crippen LogP contribution >= 0.6 is 11.5 Å². The topological polar surface area (TPSA) is 55.2 Å². The first kappa shape index (κ1) is 13.5. The zero-order valence-corrected chi connectivity index (χ0v) is 12.3. The Hall–Kier alpha value is -1.46. The number of aromatic nitrogens is 2. The summed E-state index contributed by atoms with van der Waals surface area (Å²) in [5.41, 5.74) is 3.46. The van der Waals surface area contributed by atoms with Crippen LogP contribution in [0.25, 0.3) is 0 Å². The van der Waals surface area contributed by atoms with E-state index in [4.69, 9.17) is 4.74 Å². The number of aryl methyl sites for hydroxylation is 2. The molecule has 0 fully saturated rings. The fourth-order valence-electron chi connectivity index (χ4n) is 2.54. The summed E-state index contributed by atoms with van der Waals surface area (Å²) in [6.45, 7) is 2.82. The standard InChI is InChI=1S/C15H18N2O2S/c1-2-12-15(20-17-16-12)13(18)5-3-10-4-6-14-11(9-10)7-8-19-14/h4,6,9,13,18H,2-3,5,7-8H2,1H3. The van der Waals surface area contributed by atoms with Gasteiger partial charge < -0.3 is 9.84 Å². The maximum absolute atomic E-state index is 10.3. The van der Waals surface area contributed by atoms with E-state index in [9.17, 15) is 5.11 Å². The summed E-state index contributed by atoms with van der Waals surface area (Å²) >= 11 is 1.31. The molecule has 1 atom stereocenters. The number of aliphatic hydroxyl groups is 1. The molecule has 1 unspecified atom stereocenters. The zero-order chi connectivity index (χ0) is 13.9. The average molecular weight is 290 g/mol. The maximum Gasteiger partial charge on any atom is 0.122 e. The van der Waals surface area contributed by atoms with E-state index in [-0.39, 0.29) is 0 Å². The first-order chi connectivity index (χ1) is 9.78. The van der Waals surface area contributed by atoms with Gasteiger partial charge in [-0.05, 0) is 48.0 Å². The van der Waals surface area contributed by atoms with Crippen molar-refractivity contribution in [1.29, 1.82) is 0 Å². The number of rotatable bonds is 5. The molecule has 0 amide bonds. The Morgan fingerprint density at radius 1 is 1.45 bits per heavy atom. The Balaban J connectivity index is 1.64. The fraction of sp³-hybridized carbons (Fsp3) is 0.467. The van der Waals surface area contributed by atoms with E-state index in [0.717, 1.165) is 42.2 Å². The van der Waals surface area contributed by atoms with Crippen molar-refractivity contribution in [2.75, 3.05) is 6.61 Å². The molecular weight excluding hydrogens is 272 g/mol. The van der Waals surface area contributed by atoms with Gasteiger partial charge in [-0.2, -0.15) is 0 Å². The molecule has 0 saturated heterocycles. The molecule has 2 heterocycles. The minimum atomic E-state index is -0.463. The Morgan fingerprint density at radius 2 is 2.35 bits per heavy atom. The van der Waals surface area contributed by atoms with Gasteiger partial charge in [0.1, 0.15) is 5.75 Å². The van der Waals surface area contributed by atoms with Crippen molar-refractivity contribution in [2.24, 2.45) is 0 Å². The molecule has 1 aromatic carbocycles. The largest absolute Gasteiger partial charge is 0.493 e. The van der Waals surface area contributed by atoms with Crippen molar-refractivity contribution >= 4 is 11.5 Å². The molecule has 1 aliphatic heterocycles. The second-order valence-corrected chi connectivity index (χ2v) is 5.82. The first-order valence-corrected chi connectivity index (χ1v) is 7.79. The lowest BCUT2D eigenvalue weighted by Gasteiger charge is -2.10. The number of aliphatic hydroxyl groups excluding tert-OH is 1. The third kappa shape index (κ3) is 2.69. The van der Waals surface area contributed by atoms with Crippen LogP contribution in [0.15, 0.2) is 18.2 Å². The summed E-state index contributed by atoms with van der Waals surface area (Å²) in [5, 5.41) is 14.3. The predicted octanol–water partition coefficient (Wildman–Crippen LogP) is 2.70. The Morgan fingerprint density at radius 3 is 3.20 bits per heavy atom. The van der Waals surface area contributed by atoms with Crippen LogP contribution in [-0.2, 0) is 19.3 Å². The Bertz CT molecular complexity index is 597. The van der Waals surface area contributed by atoms with Gasteiger partial charge in [-0.3, -0.25) is 0 Å². The lowest BCUT2D eigenvalue weighted by atomic mass is 10.0. The predicted molar refractivity (Wildman–Crippen MR) is 78.2 cm³/mol. The van der Waals surface area contributed by atoms with Crippen LogP contribution in [0.4, 0.5) is 0 Å². The fourth-order valence-corrected chi connectivity index (χ4v) is 3.30. The minimum Gasteiger partial charge on any atom is -0.493 e. The first-order valence-electron chi connectivity index (χ1n) is 7.01. The number of nitrogens with zero attached hydrogens (tertiary/aromatic N) is 2. The second-order valence-electron chi connectivity index (χ2n) is 5.03. The molecule has 0 radical (unpaired) electrons. The summed E-state index contributed by atoms with van der Waals surface area (Å²) in [6.07, 6.45) is 2.91. The van der Waals surface area contributed by atoms with Crippen molar-refractivity contribution in [3.05, 3.63) is 39.9 Å². The SMILES string of the molecule is CCc1nnsc1C(O)CCc1ccc2c(c1)CCO2. The molecule has 20 heavy (non-hydrogen) atoms. The third-order valence-electron chi connectivity index (χ3n) is 3.68. The van der Waals surface area contributed by atoms with Crippen LogP contribution < -0.4 is 4.74 Å². The van der Waals surface area contributed by atoms with E-state index in [0.29, 0.717) is 6.42 Å². The Kier molecular flexibility index (Phi) is 3.98. The molecule has 0 saturated carbocycles. The molecule has 1 N–H and O–H groups in total. The van der Waals surface area contributed by atoms with Crippen LogP contribution in [0, 0.1) is 0 Å². The van der Waals surface area contributed by atoms with Gasteiger partial charge in [-0.25, -0.2) is 0 Å². The molecule has 1 aliphatic rings. The number of benzene rings is 1. The van der Waals surface area contributed by atoms with Gasteiger partial charge in [-0.1, -0.05) is 23.5 Å². The molecule has 1 aromatic heterocycles. The van der Waals surface area contributed by atoms with E-state index in [1.807, 2.05) is 13.0 Å². The summed E-state index contributed by atoms with van der Waals surface area (Å²) in [4.78, 5) is 0.914. The molecule has 0 aliphatic carbocycles. The van der Waals surface area contributed by atoms with Crippen molar-refractivity contribution < 1.29 is 9.84 Å². The van der Waals surface area contributed by atoms with E-state index >= 15 is 0 Å². The van der Waals surface area contributed by atoms with Crippen molar-refractivity contribution in [1.82, 2.24) is 9.59 Å². The van der Waals surface area contributed by atoms with Crippen LogP contribution in [-0.4, -0.2) is 21.3 Å². The van der Waals surface area contributed by atoms with E-state index in [2.05, 4.69) is 21.7 Å². The molecule has 4 nitrogen and oxygen atoms in total. The monoisotopic (exact) mass is 290 g/mol. The number of ether oxygens (including phenoxy) is 1. The maximum atomic E-state index is 10.3. The number of fused-ring (bicyclic) bond motifs is 1. The highest BCUT2D eigenvalue weighted by Gasteiger charge is 2.17. The smallest absolute Gasteiger partial charge is 0.122 e. The van der Waals surface area contributed by atoms with Gasteiger partial charge in [-0.15, -0.1) is 5.10 Å². The molecule has 0 bridgehead atoms. The lowest BCUT2D eigenvalue weighted by molar-refractivity contribution is 0.170. The van der Waals surface area contributed by atoms with E-state index < -0.39 is 6.10 Å². The highest BCUT2D eigenvalue weighted by atomic mass is 32.1. The van der Waals surface area contributed by atoms with Gasteiger partial charge in [0.25, 0.3) is 0 Å². The highest BCUT2D eigenvalue weighted by molar-refractivity contribution is 7.05. The summed E-state index contributed by atoms with van der Waals surface area (Å²) < 4.78 is 9.44. The quantitative estimate of drug-likeness (QED) is 0.920. The van der Waals surface area contributed by atoms with Crippen LogP contribution in [0.3, 0.4) is 0 Å². The highest BCUT2D eigenvalue weighted by Crippen LogP contribution is 2.28. The lowest BCUT2D eigenvalue weighted by Crippen LogP contribution is -2.01. The zero-order valence-electron chi connectivity index (χ0n) is 11.5. The molecule has 106 valence electrons. The van der Waals surface area contributed by atoms with Gasteiger partial charge >= 0.3 is 0 Å². The van der Waals surface area contributed by atoms with Gasteiger partial charge in [0.2, 0.25) is 0 Å². The average Bonchev–Trinajstić information content (AvgIpc) is 3.12. The third-order valence-corrected chi connectivity index (χ3v) is 4.55. The number of hydrogen-bond acceptors (Lipinski definition) is 5. The van der Waals surface area contributed by atoms with Crippen molar-refractivity contribution in [3.8, 4) is 5.75 Å². The summed E-state index contributed by atoms with van der Waals surface area (Å²) in [5.74, 6) is 1.01. The molecule has 2 aromatic rings. The van der Waals surface area contributed by atoms with E-state index in [1.165, 1.54) is 22.7 Å². The number of hydrogen-bond donors (Lipinski definition) is 1. The van der Waals surface area contributed by atoms with Crippen LogP contribution in [0.2, 0.25) is 0 Å².